The van der Waals surface area contributed by atoms with E-state index in [0.29, 0.717) is 18.6 Å². The fourth-order valence-electron chi connectivity index (χ4n) is 1.06. The predicted molar refractivity (Wildman–Crippen MR) is 57.4 cm³/mol. The van der Waals surface area contributed by atoms with Gasteiger partial charge in [-0.3, -0.25) is 4.79 Å². The van der Waals surface area contributed by atoms with Gasteiger partial charge in [-0.05, 0) is 12.8 Å². The first-order valence-electron chi connectivity index (χ1n) is 5.19. The summed E-state index contributed by atoms with van der Waals surface area (Å²) in [7, 11) is 0. The molecule has 0 aromatic carbocycles. The van der Waals surface area contributed by atoms with Crippen LogP contribution in [0.15, 0.2) is 0 Å². The van der Waals surface area contributed by atoms with Gasteiger partial charge in [0.25, 0.3) is 6.43 Å². The summed E-state index contributed by atoms with van der Waals surface area (Å²) in [6.07, 6.45) is -6.98. The molecular formula is C10H16F4OS. The van der Waals surface area contributed by atoms with E-state index >= 15 is 0 Å². The average Bonchev–Trinajstić information content (AvgIpc) is 2.23. The highest BCUT2D eigenvalue weighted by Gasteiger charge is 2.23. The lowest BCUT2D eigenvalue weighted by atomic mass is 10.1. The Bertz CT molecular complexity index is 201. The highest BCUT2D eigenvalue weighted by Crippen LogP contribution is 2.18. The van der Waals surface area contributed by atoms with Gasteiger partial charge in [0.05, 0.1) is 0 Å². The summed E-state index contributed by atoms with van der Waals surface area (Å²) in [5, 5.41) is 0.0198. The van der Waals surface area contributed by atoms with Crippen LogP contribution in [0.4, 0.5) is 17.6 Å². The van der Waals surface area contributed by atoms with Gasteiger partial charge in [0.2, 0.25) is 0 Å². The first kappa shape index (κ1) is 15.7. The lowest BCUT2D eigenvalue weighted by Gasteiger charge is -2.10. The first-order valence-corrected chi connectivity index (χ1v) is 6.17. The molecule has 0 heterocycles. The second-order valence-corrected chi connectivity index (χ2v) is 4.55. The molecule has 0 N–H and O–H groups in total. The van der Waals surface area contributed by atoms with E-state index in [1.165, 1.54) is 0 Å². The van der Waals surface area contributed by atoms with Gasteiger partial charge >= 0.3 is 0 Å². The molecule has 0 bridgehead atoms. The number of carbonyl (C=O) groups is 1. The van der Waals surface area contributed by atoms with E-state index in [4.69, 9.17) is 0 Å². The van der Waals surface area contributed by atoms with Crippen LogP contribution in [0.25, 0.3) is 0 Å². The molecule has 96 valence electrons. The molecule has 6 heteroatoms. The Morgan fingerprint density at radius 2 is 1.88 bits per heavy atom. The van der Waals surface area contributed by atoms with Crippen molar-refractivity contribution in [3.05, 3.63) is 0 Å². The van der Waals surface area contributed by atoms with Crippen molar-refractivity contribution in [1.29, 1.82) is 0 Å². The monoisotopic (exact) mass is 260 g/mol. The summed E-state index contributed by atoms with van der Waals surface area (Å²) in [4.78, 5) is 10.8. The molecule has 2 unspecified atom stereocenters. The molecule has 1 nitrogen and oxygen atoms in total. The van der Waals surface area contributed by atoms with Gasteiger partial charge < -0.3 is 0 Å². The third-order valence-electron chi connectivity index (χ3n) is 1.97. The molecule has 0 aliphatic heterocycles. The predicted octanol–water partition coefficient (Wildman–Crippen LogP) is 3.77. The van der Waals surface area contributed by atoms with Crippen LogP contribution in [-0.4, -0.2) is 29.6 Å². The van der Waals surface area contributed by atoms with Crippen LogP contribution in [0.1, 0.15) is 32.6 Å². The Kier molecular flexibility index (Phi) is 8.70. The molecule has 2 atom stereocenters. The zero-order valence-corrected chi connectivity index (χ0v) is 9.91. The molecule has 0 spiro atoms. The maximum Gasteiger partial charge on any atom is 0.269 e. The van der Waals surface area contributed by atoms with Crippen molar-refractivity contribution in [3.8, 4) is 0 Å². The van der Waals surface area contributed by atoms with Gasteiger partial charge in [-0.1, -0.05) is 18.7 Å². The Morgan fingerprint density at radius 3 is 2.38 bits per heavy atom. The fraction of sp³-hybridized carbons (Fsp3) is 0.900. The van der Waals surface area contributed by atoms with Crippen molar-refractivity contribution < 1.29 is 22.4 Å². The van der Waals surface area contributed by atoms with E-state index in [2.05, 4.69) is 0 Å². The second kappa shape index (κ2) is 8.84. The van der Waals surface area contributed by atoms with E-state index in [1.807, 2.05) is 0 Å². The highest BCUT2D eigenvalue weighted by atomic mass is 32.2. The quantitative estimate of drug-likeness (QED) is 0.488. The summed E-state index contributed by atoms with van der Waals surface area (Å²) >= 11 is 1.10. The third kappa shape index (κ3) is 7.96. The molecule has 0 rings (SSSR count). The minimum absolute atomic E-state index is 0.0198. The molecule has 0 aromatic heterocycles. The van der Waals surface area contributed by atoms with E-state index in [9.17, 15) is 22.4 Å². The van der Waals surface area contributed by atoms with E-state index < -0.39 is 25.2 Å². The SMILES string of the molecule is CCC(=O)SCCCC(F)CC(F)C(F)F. The Balaban J connectivity index is 3.50. The van der Waals surface area contributed by atoms with E-state index in [0.717, 1.165) is 11.8 Å². The highest BCUT2D eigenvalue weighted by molar-refractivity contribution is 8.13. The molecular weight excluding hydrogens is 244 g/mol. The molecule has 0 aromatic rings. The summed E-state index contributed by atoms with van der Waals surface area (Å²) in [6.45, 7) is 1.73. The zero-order valence-electron chi connectivity index (χ0n) is 9.10. The van der Waals surface area contributed by atoms with E-state index in [1.54, 1.807) is 6.92 Å². The van der Waals surface area contributed by atoms with Gasteiger partial charge in [-0.2, -0.15) is 0 Å². The van der Waals surface area contributed by atoms with Crippen LogP contribution in [0.3, 0.4) is 0 Å². The Hall–Kier alpha value is -0.260. The summed E-state index contributed by atoms with van der Waals surface area (Å²) in [5.74, 6) is 0.457. The molecule has 0 fully saturated rings. The molecule has 0 saturated carbocycles. The number of hydrogen-bond acceptors (Lipinski definition) is 2. The van der Waals surface area contributed by atoms with Gasteiger partial charge in [-0.25, -0.2) is 17.6 Å². The van der Waals surface area contributed by atoms with Crippen LogP contribution in [0, 0.1) is 0 Å². The second-order valence-electron chi connectivity index (χ2n) is 3.40. The number of halogens is 4. The molecule has 0 aliphatic rings. The molecule has 16 heavy (non-hydrogen) atoms. The maximum absolute atomic E-state index is 13.0. The number of carbonyl (C=O) groups excluding carboxylic acids is 1. The molecule has 0 amide bonds. The molecule has 0 radical (unpaired) electrons. The van der Waals surface area contributed by atoms with Gasteiger partial charge in [0, 0.05) is 18.6 Å². The summed E-state index contributed by atoms with van der Waals surface area (Å²) < 4.78 is 48.8. The topological polar surface area (TPSA) is 17.1 Å². The van der Waals surface area contributed by atoms with Gasteiger partial charge in [0.1, 0.15) is 6.17 Å². The maximum atomic E-state index is 13.0. The standard InChI is InChI=1S/C10H16F4OS/c1-2-9(15)16-5-3-4-7(11)6-8(12)10(13)14/h7-8,10H,2-6H2,1H3. The van der Waals surface area contributed by atoms with Crippen molar-refractivity contribution in [1.82, 2.24) is 0 Å². The largest absolute Gasteiger partial charge is 0.287 e. The van der Waals surface area contributed by atoms with Crippen LogP contribution >= 0.6 is 11.8 Å². The van der Waals surface area contributed by atoms with Crippen molar-refractivity contribution in [2.75, 3.05) is 5.75 Å². The smallest absolute Gasteiger partial charge is 0.269 e. The van der Waals surface area contributed by atoms with Gasteiger partial charge in [-0.15, -0.1) is 0 Å². The zero-order chi connectivity index (χ0) is 12.6. The van der Waals surface area contributed by atoms with Gasteiger partial charge in [0.15, 0.2) is 11.3 Å². The first-order chi connectivity index (χ1) is 7.47. The van der Waals surface area contributed by atoms with Crippen LogP contribution in [0.5, 0.6) is 0 Å². The molecule has 0 saturated heterocycles. The minimum Gasteiger partial charge on any atom is -0.287 e. The normalized spacial score (nSPS) is 15.1. The van der Waals surface area contributed by atoms with Crippen molar-refractivity contribution >= 4 is 16.9 Å². The summed E-state index contributed by atoms with van der Waals surface area (Å²) in [6, 6.07) is 0. The van der Waals surface area contributed by atoms with Crippen LogP contribution in [0.2, 0.25) is 0 Å². The Labute approximate surface area is 97.0 Å². The van der Waals surface area contributed by atoms with E-state index in [-0.39, 0.29) is 11.5 Å². The van der Waals surface area contributed by atoms with Crippen molar-refractivity contribution in [3.63, 3.8) is 0 Å². The summed E-state index contributed by atoms with van der Waals surface area (Å²) in [5.41, 5.74) is 0. The Morgan fingerprint density at radius 1 is 1.25 bits per heavy atom. The fourth-order valence-corrected chi connectivity index (χ4v) is 1.80. The lowest BCUT2D eigenvalue weighted by Crippen LogP contribution is -2.18. The number of alkyl halides is 4. The average molecular weight is 260 g/mol. The lowest BCUT2D eigenvalue weighted by molar-refractivity contribution is -0.110. The van der Waals surface area contributed by atoms with Crippen LogP contribution < -0.4 is 0 Å². The number of hydrogen-bond donors (Lipinski definition) is 0. The minimum atomic E-state index is -3.12. The van der Waals surface area contributed by atoms with Crippen LogP contribution in [-0.2, 0) is 4.79 Å². The molecule has 0 aliphatic carbocycles. The van der Waals surface area contributed by atoms with Crippen molar-refractivity contribution in [2.45, 2.75) is 51.4 Å². The number of rotatable bonds is 8. The third-order valence-corrected chi connectivity index (χ3v) is 3.07. The number of thioether (sulfide) groups is 1. The van der Waals surface area contributed by atoms with Crippen molar-refractivity contribution in [2.24, 2.45) is 0 Å².